The summed E-state index contributed by atoms with van der Waals surface area (Å²) in [5, 5.41) is 11.9. The SMILES string of the molecule is Nc1ccc(F)cc1Nc1ccc(CCO)cc1. The molecule has 0 unspecified atom stereocenters. The molecule has 94 valence electrons. The molecule has 0 aromatic heterocycles. The molecular formula is C14H15FN2O. The number of nitrogens with two attached hydrogens (primary N) is 1. The Bertz CT molecular complexity index is 526. The Balaban J connectivity index is 2.15. The van der Waals surface area contributed by atoms with E-state index in [0.29, 0.717) is 17.8 Å². The third-order valence-electron chi connectivity index (χ3n) is 2.65. The molecule has 2 aromatic rings. The summed E-state index contributed by atoms with van der Waals surface area (Å²) in [6.45, 7) is 0.129. The van der Waals surface area contributed by atoms with Crippen molar-refractivity contribution >= 4 is 17.1 Å². The lowest BCUT2D eigenvalue weighted by molar-refractivity contribution is 0.299. The predicted molar refractivity (Wildman–Crippen MR) is 71.3 cm³/mol. The van der Waals surface area contributed by atoms with Gasteiger partial charge in [0, 0.05) is 12.3 Å². The lowest BCUT2D eigenvalue weighted by atomic mass is 10.1. The van der Waals surface area contributed by atoms with Gasteiger partial charge in [-0.05, 0) is 42.3 Å². The third-order valence-corrected chi connectivity index (χ3v) is 2.65. The van der Waals surface area contributed by atoms with Crippen molar-refractivity contribution in [3.05, 3.63) is 53.8 Å². The number of hydrogen-bond donors (Lipinski definition) is 3. The molecule has 0 amide bonds. The van der Waals surface area contributed by atoms with Crippen LogP contribution in [0.2, 0.25) is 0 Å². The van der Waals surface area contributed by atoms with Gasteiger partial charge < -0.3 is 16.2 Å². The first kappa shape index (κ1) is 12.4. The fourth-order valence-corrected chi connectivity index (χ4v) is 1.68. The van der Waals surface area contributed by atoms with Crippen LogP contribution in [0.3, 0.4) is 0 Å². The highest BCUT2D eigenvalue weighted by Crippen LogP contribution is 2.24. The van der Waals surface area contributed by atoms with E-state index in [2.05, 4.69) is 5.32 Å². The van der Waals surface area contributed by atoms with Crippen molar-refractivity contribution in [3.8, 4) is 0 Å². The van der Waals surface area contributed by atoms with E-state index in [1.54, 1.807) is 0 Å². The Morgan fingerprint density at radius 3 is 2.50 bits per heavy atom. The molecule has 0 fully saturated rings. The number of aliphatic hydroxyl groups excluding tert-OH is 1. The fourth-order valence-electron chi connectivity index (χ4n) is 1.68. The Hall–Kier alpha value is -2.07. The maximum Gasteiger partial charge on any atom is 0.125 e. The van der Waals surface area contributed by atoms with E-state index in [-0.39, 0.29) is 12.4 Å². The maximum atomic E-state index is 13.1. The molecule has 0 aliphatic heterocycles. The van der Waals surface area contributed by atoms with E-state index >= 15 is 0 Å². The van der Waals surface area contributed by atoms with Crippen LogP contribution in [0.1, 0.15) is 5.56 Å². The molecule has 18 heavy (non-hydrogen) atoms. The van der Waals surface area contributed by atoms with E-state index in [0.717, 1.165) is 11.3 Å². The van der Waals surface area contributed by atoms with Crippen LogP contribution >= 0.6 is 0 Å². The van der Waals surface area contributed by atoms with Gasteiger partial charge in [-0.15, -0.1) is 0 Å². The Kier molecular flexibility index (Phi) is 3.79. The molecule has 0 aliphatic rings. The van der Waals surface area contributed by atoms with E-state index in [1.165, 1.54) is 18.2 Å². The molecule has 3 nitrogen and oxygen atoms in total. The van der Waals surface area contributed by atoms with Crippen molar-refractivity contribution in [1.29, 1.82) is 0 Å². The van der Waals surface area contributed by atoms with Crippen LogP contribution in [0.15, 0.2) is 42.5 Å². The summed E-state index contributed by atoms with van der Waals surface area (Å²) in [5.41, 5.74) is 8.67. The Morgan fingerprint density at radius 1 is 1.11 bits per heavy atom. The quantitative estimate of drug-likeness (QED) is 0.727. The highest BCUT2D eigenvalue weighted by molar-refractivity contribution is 5.72. The Labute approximate surface area is 105 Å². The first-order valence-electron chi connectivity index (χ1n) is 5.71. The predicted octanol–water partition coefficient (Wildman–Crippen LogP) is 2.69. The molecule has 0 bridgehead atoms. The van der Waals surface area contributed by atoms with E-state index in [1.807, 2.05) is 24.3 Å². The van der Waals surface area contributed by atoms with E-state index in [9.17, 15) is 4.39 Å². The first-order chi connectivity index (χ1) is 8.69. The maximum absolute atomic E-state index is 13.1. The van der Waals surface area contributed by atoms with Crippen molar-refractivity contribution in [2.24, 2.45) is 0 Å². The lowest BCUT2D eigenvalue weighted by Gasteiger charge is -2.10. The standard InChI is InChI=1S/C14H15FN2O/c15-11-3-6-13(16)14(9-11)17-12-4-1-10(2-5-12)7-8-18/h1-6,9,17-18H,7-8,16H2. The Morgan fingerprint density at radius 2 is 1.83 bits per heavy atom. The van der Waals surface area contributed by atoms with Crippen LogP contribution in [0, 0.1) is 5.82 Å². The van der Waals surface area contributed by atoms with Gasteiger partial charge in [-0.2, -0.15) is 0 Å². The summed E-state index contributed by atoms with van der Waals surface area (Å²) in [6.07, 6.45) is 0.627. The van der Waals surface area contributed by atoms with Gasteiger partial charge in [-0.1, -0.05) is 12.1 Å². The van der Waals surface area contributed by atoms with Gasteiger partial charge in [0.2, 0.25) is 0 Å². The fraction of sp³-hybridized carbons (Fsp3) is 0.143. The second-order valence-corrected chi connectivity index (χ2v) is 4.03. The molecule has 0 heterocycles. The van der Waals surface area contributed by atoms with Gasteiger partial charge in [-0.25, -0.2) is 4.39 Å². The smallest absolute Gasteiger partial charge is 0.125 e. The third kappa shape index (κ3) is 2.99. The number of nitrogens with one attached hydrogen (secondary N) is 1. The summed E-state index contributed by atoms with van der Waals surface area (Å²) in [5.74, 6) is -0.330. The van der Waals surface area contributed by atoms with Gasteiger partial charge in [0.25, 0.3) is 0 Å². The number of rotatable bonds is 4. The van der Waals surface area contributed by atoms with Gasteiger partial charge >= 0.3 is 0 Å². The zero-order valence-corrected chi connectivity index (χ0v) is 9.86. The highest BCUT2D eigenvalue weighted by Gasteiger charge is 2.01. The van der Waals surface area contributed by atoms with Gasteiger partial charge in [0.15, 0.2) is 0 Å². The number of nitrogen functional groups attached to an aromatic ring is 1. The number of benzene rings is 2. The summed E-state index contributed by atoms with van der Waals surface area (Å²) in [7, 11) is 0. The minimum Gasteiger partial charge on any atom is -0.397 e. The first-order valence-corrected chi connectivity index (χ1v) is 5.71. The molecule has 0 spiro atoms. The van der Waals surface area contributed by atoms with Crippen molar-refractivity contribution in [2.45, 2.75) is 6.42 Å². The van der Waals surface area contributed by atoms with Crippen LogP contribution in [0.5, 0.6) is 0 Å². The number of aliphatic hydroxyl groups is 1. The average molecular weight is 246 g/mol. The van der Waals surface area contributed by atoms with Crippen molar-refractivity contribution in [1.82, 2.24) is 0 Å². The number of anilines is 3. The van der Waals surface area contributed by atoms with Crippen LogP contribution in [-0.2, 0) is 6.42 Å². The normalized spacial score (nSPS) is 10.3. The molecule has 0 aliphatic carbocycles. The summed E-state index contributed by atoms with van der Waals surface area (Å²) in [6, 6.07) is 11.8. The lowest BCUT2D eigenvalue weighted by Crippen LogP contribution is -1.97. The van der Waals surface area contributed by atoms with Crippen molar-refractivity contribution in [3.63, 3.8) is 0 Å². The molecule has 0 saturated heterocycles. The minimum absolute atomic E-state index is 0.129. The largest absolute Gasteiger partial charge is 0.397 e. The monoisotopic (exact) mass is 246 g/mol. The molecule has 0 radical (unpaired) electrons. The summed E-state index contributed by atoms with van der Waals surface area (Å²) >= 11 is 0. The molecule has 0 saturated carbocycles. The van der Waals surface area contributed by atoms with Crippen LogP contribution in [-0.4, -0.2) is 11.7 Å². The van der Waals surface area contributed by atoms with Crippen molar-refractivity contribution in [2.75, 3.05) is 17.7 Å². The van der Waals surface area contributed by atoms with Gasteiger partial charge in [0.1, 0.15) is 5.82 Å². The second-order valence-electron chi connectivity index (χ2n) is 4.03. The second kappa shape index (κ2) is 5.51. The van der Waals surface area contributed by atoms with E-state index in [4.69, 9.17) is 10.8 Å². The highest BCUT2D eigenvalue weighted by atomic mass is 19.1. The molecule has 2 rings (SSSR count). The van der Waals surface area contributed by atoms with Gasteiger partial charge in [-0.3, -0.25) is 0 Å². The molecule has 4 N–H and O–H groups in total. The summed E-state index contributed by atoms with van der Waals surface area (Å²) < 4.78 is 13.1. The minimum atomic E-state index is -0.330. The summed E-state index contributed by atoms with van der Waals surface area (Å²) in [4.78, 5) is 0. The van der Waals surface area contributed by atoms with Crippen LogP contribution in [0.4, 0.5) is 21.5 Å². The molecular weight excluding hydrogens is 231 g/mol. The topological polar surface area (TPSA) is 58.3 Å². The average Bonchev–Trinajstić information content (AvgIpc) is 2.37. The zero-order chi connectivity index (χ0) is 13.0. The van der Waals surface area contributed by atoms with E-state index < -0.39 is 0 Å². The van der Waals surface area contributed by atoms with Gasteiger partial charge in [0.05, 0.1) is 11.4 Å². The van der Waals surface area contributed by atoms with Crippen molar-refractivity contribution < 1.29 is 9.50 Å². The number of halogens is 1. The number of hydrogen-bond acceptors (Lipinski definition) is 3. The van der Waals surface area contributed by atoms with Crippen LogP contribution < -0.4 is 11.1 Å². The molecule has 4 heteroatoms. The molecule has 2 aromatic carbocycles. The zero-order valence-electron chi connectivity index (χ0n) is 9.86. The van der Waals surface area contributed by atoms with Crippen LogP contribution in [0.25, 0.3) is 0 Å². The molecule has 0 atom stereocenters.